The Morgan fingerprint density at radius 3 is 2.67 bits per heavy atom. The van der Waals surface area contributed by atoms with E-state index in [1.165, 1.54) is 11.8 Å². The number of likely N-dealkylation sites (N-methyl/N-ethyl adjacent to an activating group) is 1. The van der Waals surface area contributed by atoms with E-state index in [-0.39, 0.29) is 11.5 Å². The Morgan fingerprint density at radius 2 is 2.00 bits per heavy atom. The molecular formula is C14H22N4O3. The molecule has 0 bridgehead atoms. The molecule has 0 aromatic carbocycles. The van der Waals surface area contributed by atoms with Crippen molar-refractivity contribution in [2.45, 2.75) is 19.4 Å². The number of nitrogens with zero attached hydrogens (tertiary/aromatic N) is 4. The predicted molar refractivity (Wildman–Crippen MR) is 79.5 cm³/mol. The monoisotopic (exact) mass is 294 g/mol. The van der Waals surface area contributed by atoms with Crippen LogP contribution in [0.25, 0.3) is 0 Å². The zero-order chi connectivity index (χ0) is 15.2. The molecule has 0 N–H and O–H groups in total. The lowest BCUT2D eigenvalue weighted by Crippen LogP contribution is -2.45. The summed E-state index contributed by atoms with van der Waals surface area (Å²) >= 11 is 0. The molecule has 1 aliphatic heterocycles. The number of piperazine rings is 1. The summed E-state index contributed by atoms with van der Waals surface area (Å²) in [6, 6.07) is 3.31. The van der Waals surface area contributed by atoms with Gasteiger partial charge in [0.05, 0.1) is 7.11 Å². The van der Waals surface area contributed by atoms with Gasteiger partial charge in [-0.2, -0.15) is 5.10 Å². The second kappa shape index (κ2) is 7.21. The molecule has 1 aromatic rings. The first-order valence-corrected chi connectivity index (χ1v) is 7.18. The number of rotatable bonds is 5. The van der Waals surface area contributed by atoms with E-state index in [9.17, 15) is 9.59 Å². The van der Waals surface area contributed by atoms with E-state index < -0.39 is 0 Å². The first-order chi connectivity index (χ1) is 10.1. The number of aromatic nitrogens is 2. The van der Waals surface area contributed by atoms with E-state index >= 15 is 0 Å². The van der Waals surface area contributed by atoms with E-state index in [1.807, 2.05) is 0 Å². The SMILES string of the molecule is COC(=O)CCCn1nc(N2CCN(C)CC2)ccc1=O. The van der Waals surface area contributed by atoms with Gasteiger partial charge in [-0.3, -0.25) is 9.59 Å². The van der Waals surface area contributed by atoms with Crippen molar-refractivity contribution < 1.29 is 9.53 Å². The van der Waals surface area contributed by atoms with Crippen molar-refractivity contribution in [2.75, 3.05) is 45.2 Å². The standard InChI is InChI=1S/C14H22N4O3/c1-16-8-10-17(11-9-16)12-5-6-13(19)18(15-12)7-3-4-14(20)21-2/h5-6H,3-4,7-11H2,1-2H3. The molecule has 0 radical (unpaired) electrons. The molecule has 0 unspecified atom stereocenters. The molecule has 0 saturated carbocycles. The highest BCUT2D eigenvalue weighted by molar-refractivity contribution is 5.68. The Balaban J connectivity index is 2.00. The highest BCUT2D eigenvalue weighted by Gasteiger charge is 2.16. The first-order valence-electron chi connectivity index (χ1n) is 7.18. The molecule has 116 valence electrons. The molecule has 2 heterocycles. The second-order valence-corrected chi connectivity index (χ2v) is 5.22. The van der Waals surface area contributed by atoms with Crippen molar-refractivity contribution in [3.8, 4) is 0 Å². The predicted octanol–water partition coefficient (Wildman–Crippen LogP) is -0.0517. The average molecular weight is 294 g/mol. The molecule has 1 aliphatic rings. The number of hydrogen-bond acceptors (Lipinski definition) is 6. The van der Waals surface area contributed by atoms with Gasteiger partial charge in [-0.05, 0) is 19.5 Å². The number of carbonyl (C=O) groups excluding carboxylic acids is 1. The van der Waals surface area contributed by atoms with Crippen molar-refractivity contribution >= 4 is 11.8 Å². The van der Waals surface area contributed by atoms with Gasteiger partial charge in [0, 0.05) is 45.2 Å². The minimum absolute atomic E-state index is 0.141. The summed E-state index contributed by atoms with van der Waals surface area (Å²) in [5.74, 6) is 0.555. The lowest BCUT2D eigenvalue weighted by molar-refractivity contribution is -0.140. The summed E-state index contributed by atoms with van der Waals surface area (Å²) in [5.41, 5.74) is -0.141. The number of methoxy groups -OCH3 is 1. The Labute approximate surface area is 124 Å². The van der Waals surface area contributed by atoms with Gasteiger partial charge in [0.1, 0.15) is 5.82 Å². The minimum atomic E-state index is -0.265. The Bertz CT molecular complexity index is 535. The first kappa shape index (κ1) is 15.5. The lowest BCUT2D eigenvalue weighted by atomic mass is 10.3. The van der Waals surface area contributed by atoms with Crippen molar-refractivity contribution in [1.82, 2.24) is 14.7 Å². The molecule has 0 amide bonds. The molecule has 0 aliphatic carbocycles. The summed E-state index contributed by atoms with van der Waals surface area (Å²) in [5, 5.41) is 4.40. The molecule has 1 fully saturated rings. The molecule has 1 saturated heterocycles. The van der Waals surface area contributed by atoms with Gasteiger partial charge in [0.15, 0.2) is 0 Å². The molecular weight excluding hydrogens is 272 g/mol. The van der Waals surface area contributed by atoms with Crippen molar-refractivity contribution in [3.05, 3.63) is 22.5 Å². The fourth-order valence-corrected chi connectivity index (χ4v) is 2.28. The summed E-state index contributed by atoms with van der Waals surface area (Å²) in [4.78, 5) is 27.3. The molecule has 0 atom stereocenters. The largest absolute Gasteiger partial charge is 0.469 e. The number of aryl methyl sites for hydroxylation is 1. The van der Waals surface area contributed by atoms with Crippen LogP contribution < -0.4 is 10.5 Å². The van der Waals surface area contributed by atoms with Crippen LogP contribution in [-0.4, -0.2) is 61.0 Å². The second-order valence-electron chi connectivity index (χ2n) is 5.22. The number of hydrogen-bond donors (Lipinski definition) is 0. The lowest BCUT2D eigenvalue weighted by Gasteiger charge is -2.33. The van der Waals surface area contributed by atoms with Gasteiger partial charge >= 0.3 is 5.97 Å². The Morgan fingerprint density at radius 1 is 1.29 bits per heavy atom. The summed E-state index contributed by atoms with van der Waals surface area (Å²) in [6.45, 7) is 4.22. The third kappa shape index (κ3) is 4.29. The van der Waals surface area contributed by atoms with E-state index in [2.05, 4.69) is 26.7 Å². The minimum Gasteiger partial charge on any atom is -0.469 e. The quantitative estimate of drug-likeness (QED) is 0.709. The maximum absolute atomic E-state index is 11.8. The van der Waals surface area contributed by atoms with Crippen LogP contribution in [0, 0.1) is 0 Å². The van der Waals surface area contributed by atoms with Crippen LogP contribution in [0.2, 0.25) is 0 Å². The molecule has 0 spiro atoms. The van der Waals surface area contributed by atoms with Gasteiger partial charge in [-0.1, -0.05) is 0 Å². The van der Waals surface area contributed by atoms with Crippen molar-refractivity contribution in [3.63, 3.8) is 0 Å². The molecule has 7 nitrogen and oxygen atoms in total. The van der Waals surface area contributed by atoms with Gasteiger partial charge in [0.2, 0.25) is 0 Å². The summed E-state index contributed by atoms with van der Waals surface area (Å²) < 4.78 is 6.01. The molecule has 21 heavy (non-hydrogen) atoms. The van der Waals surface area contributed by atoms with Gasteiger partial charge in [-0.15, -0.1) is 0 Å². The van der Waals surface area contributed by atoms with Crippen LogP contribution in [0.3, 0.4) is 0 Å². The fourth-order valence-electron chi connectivity index (χ4n) is 2.28. The highest BCUT2D eigenvalue weighted by Crippen LogP contribution is 2.10. The highest BCUT2D eigenvalue weighted by atomic mass is 16.5. The normalized spacial score (nSPS) is 16.0. The van der Waals surface area contributed by atoms with E-state index in [0.29, 0.717) is 19.4 Å². The van der Waals surface area contributed by atoms with Crippen molar-refractivity contribution in [1.29, 1.82) is 0 Å². The van der Waals surface area contributed by atoms with E-state index in [1.54, 1.807) is 12.1 Å². The molecule has 2 rings (SSSR count). The maximum atomic E-state index is 11.8. The van der Waals surface area contributed by atoms with Crippen LogP contribution >= 0.6 is 0 Å². The number of esters is 1. The maximum Gasteiger partial charge on any atom is 0.305 e. The van der Waals surface area contributed by atoms with Crippen LogP contribution in [0.4, 0.5) is 5.82 Å². The van der Waals surface area contributed by atoms with Crippen molar-refractivity contribution in [2.24, 2.45) is 0 Å². The molecule has 7 heteroatoms. The third-order valence-corrected chi connectivity index (χ3v) is 3.66. The van der Waals surface area contributed by atoms with Crippen LogP contribution in [0.1, 0.15) is 12.8 Å². The summed E-state index contributed by atoms with van der Waals surface area (Å²) in [7, 11) is 3.46. The number of anilines is 1. The smallest absolute Gasteiger partial charge is 0.305 e. The molecule has 1 aromatic heterocycles. The van der Waals surface area contributed by atoms with E-state index in [4.69, 9.17) is 0 Å². The number of ether oxygens (including phenoxy) is 1. The topological polar surface area (TPSA) is 67.7 Å². The number of carbonyl (C=O) groups is 1. The Hall–Kier alpha value is -1.89. The van der Waals surface area contributed by atoms with Gasteiger partial charge in [0.25, 0.3) is 5.56 Å². The summed E-state index contributed by atoms with van der Waals surface area (Å²) in [6.07, 6.45) is 0.842. The average Bonchev–Trinajstić information content (AvgIpc) is 2.50. The fraction of sp³-hybridized carbons (Fsp3) is 0.643. The zero-order valence-corrected chi connectivity index (χ0v) is 12.6. The third-order valence-electron chi connectivity index (χ3n) is 3.66. The zero-order valence-electron chi connectivity index (χ0n) is 12.6. The van der Waals surface area contributed by atoms with E-state index in [0.717, 1.165) is 32.0 Å². The van der Waals surface area contributed by atoms with Gasteiger partial charge in [-0.25, -0.2) is 4.68 Å². The van der Waals surface area contributed by atoms with Crippen LogP contribution in [0.5, 0.6) is 0 Å². The van der Waals surface area contributed by atoms with Gasteiger partial charge < -0.3 is 14.5 Å². The van der Waals surface area contributed by atoms with Crippen LogP contribution in [0.15, 0.2) is 16.9 Å². The van der Waals surface area contributed by atoms with Crippen LogP contribution in [-0.2, 0) is 16.1 Å². The Kier molecular flexibility index (Phi) is 5.32.